The van der Waals surface area contributed by atoms with Crippen LogP contribution >= 0.6 is 11.6 Å². The van der Waals surface area contributed by atoms with Crippen LogP contribution in [0.2, 0.25) is 5.15 Å². The van der Waals surface area contributed by atoms with Gasteiger partial charge < -0.3 is 4.90 Å². The third-order valence-corrected chi connectivity index (χ3v) is 2.63. The zero-order valence-corrected chi connectivity index (χ0v) is 10.6. The summed E-state index contributed by atoms with van der Waals surface area (Å²) in [6, 6.07) is 11.8. The third-order valence-electron chi connectivity index (χ3n) is 2.44. The first kappa shape index (κ1) is 11.9. The van der Waals surface area contributed by atoms with E-state index in [1.807, 2.05) is 42.2 Å². The number of para-hydroxylation sites is 1. The molecule has 0 fully saturated rings. The maximum atomic E-state index is 5.96. The van der Waals surface area contributed by atoms with Gasteiger partial charge in [0.25, 0.3) is 0 Å². The Bertz CT molecular complexity index is 479. The Morgan fingerprint density at radius 2 is 1.88 bits per heavy atom. The van der Waals surface area contributed by atoms with Crippen LogP contribution < -0.4 is 4.90 Å². The first-order valence-corrected chi connectivity index (χ1v) is 5.92. The predicted octanol–water partition coefficient (Wildman–Crippen LogP) is 3.60. The Balaban J connectivity index is 2.42. The second-order valence-electron chi connectivity index (χ2n) is 3.71. The van der Waals surface area contributed by atoms with Gasteiger partial charge in [0.05, 0.1) is 0 Å². The fourth-order valence-electron chi connectivity index (χ4n) is 1.68. The van der Waals surface area contributed by atoms with E-state index in [0.717, 1.165) is 17.9 Å². The molecule has 0 aliphatic heterocycles. The summed E-state index contributed by atoms with van der Waals surface area (Å²) in [7, 11) is 0. The van der Waals surface area contributed by atoms with Gasteiger partial charge >= 0.3 is 0 Å². The van der Waals surface area contributed by atoms with Crippen molar-refractivity contribution in [2.24, 2.45) is 0 Å². The van der Waals surface area contributed by atoms with Gasteiger partial charge in [0.1, 0.15) is 5.15 Å². The fraction of sp³-hybridized carbons (Fsp3) is 0.231. The van der Waals surface area contributed by atoms with Crippen molar-refractivity contribution in [2.45, 2.75) is 13.8 Å². The number of benzene rings is 1. The number of aromatic nitrogens is 2. The molecule has 0 aliphatic carbocycles. The molecule has 0 amide bonds. The molecular weight excluding hydrogens is 234 g/mol. The summed E-state index contributed by atoms with van der Waals surface area (Å²) in [4.78, 5) is 10.7. The summed E-state index contributed by atoms with van der Waals surface area (Å²) in [5, 5.41) is 0.474. The summed E-state index contributed by atoms with van der Waals surface area (Å²) in [5.74, 6) is 0.642. The molecule has 1 heterocycles. The SMILES string of the molecule is CCN(c1ccccc1)c1nc(C)cc(Cl)n1. The van der Waals surface area contributed by atoms with Crippen molar-refractivity contribution in [3.8, 4) is 0 Å². The van der Waals surface area contributed by atoms with E-state index in [2.05, 4.69) is 16.9 Å². The molecule has 3 nitrogen and oxygen atoms in total. The van der Waals surface area contributed by atoms with Crippen LogP contribution in [0.25, 0.3) is 0 Å². The summed E-state index contributed by atoms with van der Waals surface area (Å²) in [5.41, 5.74) is 1.94. The van der Waals surface area contributed by atoms with Gasteiger partial charge in [-0.25, -0.2) is 9.97 Å². The number of hydrogen-bond acceptors (Lipinski definition) is 3. The highest BCUT2D eigenvalue weighted by Crippen LogP contribution is 2.22. The van der Waals surface area contributed by atoms with Crippen molar-refractivity contribution in [1.82, 2.24) is 9.97 Å². The zero-order valence-electron chi connectivity index (χ0n) is 9.89. The van der Waals surface area contributed by atoms with E-state index < -0.39 is 0 Å². The lowest BCUT2D eigenvalue weighted by Gasteiger charge is -2.21. The minimum atomic E-state index is 0.474. The van der Waals surface area contributed by atoms with Crippen LogP contribution in [0.3, 0.4) is 0 Å². The van der Waals surface area contributed by atoms with Crippen molar-refractivity contribution in [1.29, 1.82) is 0 Å². The standard InChI is InChI=1S/C13H14ClN3/c1-3-17(11-7-5-4-6-8-11)13-15-10(2)9-12(14)16-13/h4-9H,3H2,1-2H3. The highest BCUT2D eigenvalue weighted by Gasteiger charge is 2.10. The van der Waals surface area contributed by atoms with Crippen molar-refractivity contribution < 1.29 is 0 Å². The van der Waals surface area contributed by atoms with Crippen LogP contribution in [0, 0.1) is 6.92 Å². The molecule has 4 heteroatoms. The number of aryl methyl sites for hydroxylation is 1. The molecular formula is C13H14ClN3. The number of hydrogen-bond donors (Lipinski definition) is 0. The topological polar surface area (TPSA) is 29.0 Å². The number of rotatable bonds is 3. The van der Waals surface area contributed by atoms with Crippen LogP contribution in [0.1, 0.15) is 12.6 Å². The van der Waals surface area contributed by atoms with Crippen molar-refractivity contribution >= 4 is 23.2 Å². The molecule has 0 aliphatic rings. The van der Waals surface area contributed by atoms with Crippen LogP contribution in [0.15, 0.2) is 36.4 Å². The molecule has 1 aromatic carbocycles. The van der Waals surface area contributed by atoms with Crippen molar-refractivity contribution in [3.05, 3.63) is 47.2 Å². The highest BCUT2D eigenvalue weighted by molar-refractivity contribution is 6.29. The molecule has 17 heavy (non-hydrogen) atoms. The molecule has 2 rings (SSSR count). The van der Waals surface area contributed by atoms with E-state index in [0.29, 0.717) is 11.1 Å². The van der Waals surface area contributed by atoms with E-state index in [-0.39, 0.29) is 0 Å². The van der Waals surface area contributed by atoms with Crippen LogP contribution in [-0.2, 0) is 0 Å². The van der Waals surface area contributed by atoms with E-state index in [4.69, 9.17) is 11.6 Å². The Labute approximate surface area is 106 Å². The molecule has 0 unspecified atom stereocenters. The second-order valence-corrected chi connectivity index (χ2v) is 4.10. The predicted molar refractivity (Wildman–Crippen MR) is 70.9 cm³/mol. The summed E-state index contributed by atoms with van der Waals surface area (Å²) >= 11 is 5.96. The summed E-state index contributed by atoms with van der Waals surface area (Å²) in [6.07, 6.45) is 0. The fourth-order valence-corrected chi connectivity index (χ4v) is 1.92. The monoisotopic (exact) mass is 247 g/mol. The Hall–Kier alpha value is -1.61. The minimum absolute atomic E-state index is 0.474. The van der Waals surface area contributed by atoms with E-state index in [1.54, 1.807) is 6.07 Å². The highest BCUT2D eigenvalue weighted by atomic mass is 35.5. The summed E-state index contributed by atoms with van der Waals surface area (Å²) < 4.78 is 0. The maximum Gasteiger partial charge on any atom is 0.231 e. The number of nitrogens with zero attached hydrogens (tertiary/aromatic N) is 3. The van der Waals surface area contributed by atoms with E-state index in [9.17, 15) is 0 Å². The molecule has 1 aromatic heterocycles. The van der Waals surface area contributed by atoms with Gasteiger partial charge in [0, 0.05) is 17.9 Å². The van der Waals surface area contributed by atoms with Gasteiger partial charge in [0.15, 0.2) is 0 Å². The summed E-state index contributed by atoms with van der Waals surface area (Å²) in [6.45, 7) is 4.77. The van der Waals surface area contributed by atoms with Gasteiger partial charge in [-0.3, -0.25) is 0 Å². The largest absolute Gasteiger partial charge is 0.311 e. The molecule has 0 spiro atoms. The molecule has 0 atom stereocenters. The average Bonchev–Trinajstić information content (AvgIpc) is 2.30. The van der Waals surface area contributed by atoms with Crippen molar-refractivity contribution in [3.63, 3.8) is 0 Å². The lowest BCUT2D eigenvalue weighted by atomic mass is 10.3. The van der Waals surface area contributed by atoms with E-state index in [1.165, 1.54) is 0 Å². The van der Waals surface area contributed by atoms with Gasteiger partial charge in [-0.15, -0.1) is 0 Å². The lowest BCUT2D eigenvalue weighted by molar-refractivity contribution is 0.934. The van der Waals surface area contributed by atoms with E-state index >= 15 is 0 Å². The van der Waals surface area contributed by atoms with Gasteiger partial charge in [-0.1, -0.05) is 29.8 Å². The molecule has 2 aromatic rings. The van der Waals surface area contributed by atoms with Gasteiger partial charge in [-0.05, 0) is 32.0 Å². The molecule has 0 bridgehead atoms. The number of halogens is 1. The lowest BCUT2D eigenvalue weighted by Crippen LogP contribution is -2.19. The molecule has 0 saturated heterocycles. The first-order valence-electron chi connectivity index (χ1n) is 5.54. The van der Waals surface area contributed by atoms with Crippen LogP contribution in [0.4, 0.5) is 11.6 Å². The molecule has 0 saturated carbocycles. The molecule has 0 N–H and O–H groups in total. The zero-order chi connectivity index (χ0) is 12.3. The quantitative estimate of drug-likeness (QED) is 0.776. The van der Waals surface area contributed by atoms with Gasteiger partial charge in [0.2, 0.25) is 5.95 Å². The van der Waals surface area contributed by atoms with Crippen molar-refractivity contribution in [2.75, 3.05) is 11.4 Å². The van der Waals surface area contributed by atoms with Crippen LogP contribution in [0.5, 0.6) is 0 Å². The maximum absolute atomic E-state index is 5.96. The Morgan fingerprint density at radius 3 is 2.47 bits per heavy atom. The average molecular weight is 248 g/mol. The molecule has 0 radical (unpaired) electrons. The number of anilines is 2. The second kappa shape index (κ2) is 5.15. The Kier molecular flexibility index (Phi) is 3.59. The first-order chi connectivity index (χ1) is 8.20. The molecule has 88 valence electrons. The smallest absolute Gasteiger partial charge is 0.231 e. The Morgan fingerprint density at radius 1 is 1.18 bits per heavy atom. The minimum Gasteiger partial charge on any atom is -0.311 e. The van der Waals surface area contributed by atoms with Crippen LogP contribution in [-0.4, -0.2) is 16.5 Å². The normalized spacial score (nSPS) is 10.3. The third kappa shape index (κ3) is 2.74. The van der Waals surface area contributed by atoms with Gasteiger partial charge in [-0.2, -0.15) is 0 Å².